The van der Waals surface area contributed by atoms with E-state index in [1.807, 2.05) is 0 Å². The maximum absolute atomic E-state index is 2.40. The monoisotopic (exact) mass is 296 g/mol. The van der Waals surface area contributed by atoms with E-state index in [4.69, 9.17) is 0 Å². The van der Waals surface area contributed by atoms with Gasteiger partial charge in [-0.1, -0.05) is 71.0 Å². The summed E-state index contributed by atoms with van der Waals surface area (Å²) in [7, 11) is 0. The van der Waals surface area contributed by atoms with E-state index in [9.17, 15) is 0 Å². The van der Waals surface area contributed by atoms with Crippen LogP contribution >= 0.6 is 0 Å². The molecule has 0 bridgehead atoms. The van der Waals surface area contributed by atoms with Crippen molar-refractivity contribution in [2.45, 2.75) is 27.7 Å². The lowest BCUT2D eigenvalue weighted by atomic mass is 9.39. The highest BCUT2D eigenvalue weighted by molar-refractivity contribution is 6.99. The van der Waals surface area contributed by atoms with Crippen LogP contribution in [0.1, 0.15) is 22.3 Å². The molecular weight excluding hydrogens is 275 g/mol. The topological polar surface area (TPSA) is 0 Å². The van der Waals surface area contributed by atoms with Gasteiger partial charge in [0.05, 0.1) is 0 Å². The molecule has 0 N–H and O–H groups in total. The molecule has 0 nitrogen and oxygen atoms in total. The van der Waals surface area contributed by atoms with Gasteiger partial charge in [0.2, 0.25) is 6.71 Å². The van der Waals surface area contributed by atoms with Crippen LogP contribution in [0, 0.1) is 27.7 Å². The Morgan fingerprint density at radius 3 is 1.48 bits per heavy atom. The lowest BCUT2D eigenvalue weighted by Crippen LogP contribution is -2.49. The number of aryl methyl sites for hydroxylation is 4. The van der Waals surface area contributed by atoms with Crippen LogP contribution in [0.2, 0.25) is 0 Å². The Kier molecular flexibility index (Phi) is 3.19. The maximum atomic E-state index is 2.40. The summed E-state index contributed by atoms with van der Waals surface area (Å²) in [4.78, 5) is 0. The highest BCUT2D eigenvalue weighted by Crippen LogP contribution is 2.27. The Morgan fingerprint density at radius 1 is 0.565 bits per heavy atom. The zero-order valence-corrected chi connectivity index (χ0v) is 14.3. The summed E-state index contributed by atoms with van der Waals surface area (Å²) in [6.45, 7) is 9.23. The van der Waals surface area contributed by atoms with Crippen molar-refractivity contribution in [1.82, 2.24) is 0 Å². The molecule has 0 unspecified atom stereocenters. The average molecular weight is 296 g/mol. The third kappa shape index (κ3) is 2.15. The van der Waals surface area contributed by atoms with Gasteiger partial charge in [0, 0.05) is 0 Å². The molecule has 0 spiro atoms. The first kappa shape index (κ1) is 14.3. The van der Waals surface area contributed by atoms with Gasteiger partial charge in [0.25, 0.3) is 0 Å². The van der Waals surface area contributed by atoms with Gasteiger partial charge in [-0.2, -0.15) is 0 Å². The average Bonchev–Trinajstić information content (AvgIpc) is 2.82. The molecule has 0 saturated carbocycles. The number of rotatable bonds is 1. The Labute approximate surface area is 139 Å². The standard InChI is InChI=1S/C22H21B/c1-14-10-19-20-11-15(2)17(4)13-22(20)23(21(19)12-16(14)3)18-8-6-5-7-9-18/h5-13H,1-4H3. The molecule has 1 aliphatic heterocycles. The number of hydrogen-bond donors (Lipinski definition) is 0. The number of hydrogen-bond acceptors (Lipinski definition) is 0. The molecule has 0 fully saturated rings. The fraction of sp³-hybridized carbons (Fsp3) is 0.182. The SMILES string of the molecule is Cc1cc2c(cc1C)-c1cc(C)c(C)cc1B2c1ccccc1. The van der Waals surface area contributed by atoms with Crippen molar-refractivity contribution in [3.8, 4) is 11.1 Å². The van der Waals surface area contributed by atoms with E-state index in [2.05, 4.69) is 82.3 Å². The van der Waals surface area contributed by atoms with E-state index in [1.165, 1.54) is 49.8 Å². The highest BCUT2D eigenvalue weighted by Gasteiger charge is 2.33. The van der Waals surface area contributed by atoms with E-state index in [0.29, 0.717) is 6.71 Å². The second kappa shape index (κ2) is 5.13. The second-order valence-corrected chi connectivity index (χ2v) is 6.89. The number of benzene rings is 3. The molecule has 0 atom stereocenters. The Morgan fingerprint density at radius 2 is 1.00 bits per heavy atom. The van der Waals surface area contributed by atoms with Gasteiger partial charge in [0.15, 0.2) is 0 Å². The minimum Gasteiger partial charge on any atom is -0.0686 e. The van der Waals surface area contributed by atoms with Crippen LogP contribution in [-0.4, -0.2) is 6.71 Å². The maximum Gasteiger partial charge on any atom is 0.242 e. The summed E-state index contributed by atoms with van der Waals surface area (Å²) in [5, 5.41) is 0. The molecule has 0 radical (unpaired) electrons. The third-order valence-corrected chi connectivity index (χ3v) is 5.38. The van der Waals surface area contributed by atoms with Gasteiger partial charge in [-0.25, -0.2) is 0 Å². The summed E-state index contributed by atoms with van der Waals surface area (Å²) < 4.78 is 0. The lowest BCUT2D eigenvalue weighted by Gasteiger charge is -2.12. The molecule has 1 heteroatoms. The zero-order chi connectivity index (χ0) is 16.1. The highest BCUT2D eigenvalue weighted by atomic mass is 14.2. The predicted molar refractivity (Wildman–Crippen MR) is 102 cm³/mol. The molecule has 1 aliphatic rings. The molecular formula is C22H21B. The molecule has 1 heterocycles. The first-order valence-electron chi connectivity index (χ1n) is 8.34. The van der Waals surface area contributed by atoms with Gasteiger partial charge in [-0.05, 0) is 61.1 Å². The first-order chi connectivity index (χ1) is 11.1. The lowest BCUT2D eigenvalue weighted by molar-refractivity contribution is 1.34. The van der Waals surface area contributed by atoms with Crippen molar-refractivity contribution in [3.63, 3.8) is 0 Å². The van der Waals surface area contributed by atoms with Crippen LogP contribution in [0.5, 0.6) is 0 Å². The quantitative estimate of drug-likeness (QED) is 0.472. The first-order valence-corrected chi connectivity index (χ1v) is 8.34. The Hall–Kier alpha value is -2.28. The van der Waals surface area contributed by atoms with Gasteiger partial charge in [-0.3, -0.25) is 0 Å². The summed E-state index contributed by atoms with van der Waals surface area (Å²) in [6.07, 6.45) is 0. The molecule has 0 amide bonds. The summed E-state index contributed by atoms with van der Waals surface area (Å²) in [5.41, 5.74) is 12.7. The van der Waals surface area contributed by atoms with Crippen LogP contribution in [0.15, 0.2) is 54.6 Å². The van der Waals surface area contributed by atoms with E-state index in [1.54, 1.807) is 0 Å². The van der Waals surface area contributed by atoms with E-state index in [0.717, 1.165) is 0 Å². The van der Waals surface area contributed by atoms with Gasteiger partial charge >= 0.3 is 0 Å². The van der Waals surface area contributed by atoms with E-state index >= 15 is 0 Å². The predicted octanol–water partition coefficient (Wildman–Crippen LogP) is 3.42. The Bertz CT molecular complexity index is 850. The number of fused-ring (bicyclic) bond motifs is 3. The smallest absolute Gasteiger partial charge is 0.0686 e. The van der Waals surface area contributed by atoms with Crippen molar-refractivity contribution in [1.29, 1.82) is 0 Å². The second-order valence-electron chi connectivity index (χ2n) is 6.89. The van der Waals surface area contributed by atoms with Crippen LogP contribution in [0.25, 0.3) is 11.1 Å². The molecule has 4 rings (SSSR count). The molecule has 0 aromatic heterocycles. The van der Waals surface area contributed by atoms with Crippen molar-refractivity contribution in [3.05, 3.63) is 76.9 Å². The fourth-order valence-electron chi connectivity index (χ4n) is 3.79. The van der Waals surface area contributed by atoms with Crippen molar-refractivity contribution >= 4 is 23.1 Å². The summed E-state index contributed by atoms with van der Waals surface area (Å²) in [6, 6.07) is 20.5. The van der Waals surface area contributed by atoms with Crippen molar-refractivity contribution in [2.24, 2.45) is 0 Å². The summed E-state index contributed by atoms with van der Waals surface area (Å²) in [5.74, 6) is 0. The van der Waals surface area contributed by atoms with Crippen LogP contribution in [0.4, 0.5) is 0 Å². The largest absolute Gasteiger partial charge is 0.242 e. The van der Waals surface area contributed by atoms with Crippen LogP contribution in [0.3, 0.4) is 0 Å². The van der Waals surface area contributed by atoms with Crippen LogP contribution < -0.4 is 16.4 Å². The minimum absolute atomic E-state index is 0.361. The van der Waals surface area contributed by atoms with E-state index in [-0.39, 0.29) is 0 Å². The van der Waals surface area contributed by atoms with Crippen LogP contribution in [-0.2, 0) is 0 Å². The normalized spacial score (nSPS) is 12.3. The summed E-state index contributed by atoms with van der Waals surface area (Å²) >= 11 is 0. The van der Waals surface area contributed by atoms with Gasteiger partial charge in [0.1, 0.15) is 0 Å². The van der Waals surface area contributed by atoms with Gasteiger partial charge in [-0.15, -0.1) is 0 Å². The fourth-order valence-corrected chi connectivity index (χ4v) is 3.79. The Balaban J connectivity index is 2.05. The van der Waals surface area contributed by atoms with Gasteiger partial charge < -0.3 is 0 Å². The third-order valence-electron chi connectivity index (χ3n) is 5.38. The molecule has 3 aromatic rings. The minimum atomic E-state index is 0.361. The van der Waals surface area contributed by atoms with E-state index < -0.39 is 0 Å². The molecule has 0 aliphatic carbocycles. The zero-order valence-electron chi connectivity index (χ0n) is 14.3. The van der Waals surface area contributed by atoms with Crippen molar-refractivity contribution in [2.75, 3.05) is 0 Å². The molecule has 23 heavy (non-hydrogen) atoms. The van der Waals surface area contributed by atoms with Crippen molar-refractivity contribution < 1.29 is 0 Å². The molecule has 0 saturated heterocycles. The molecule has 112 valence electrons. The molecule has 3 aromatic carbocycles.